The molecule has 2 aromatic rings. The zero-order valence-corrected chi connectivity index (χ0v) is 19.6. The van der Waals surface area contributed by atoms with Crippen molar-refractivity contribution < 1.29 is 9.18 Å². The van der Waals surface area contributed by atoms with Crippen molar-refractivity contribution in [1.29, 1.82) is 0 Å². The smallest absolute Gasteiger partial charge is 0.226 e. The van der Waals surface area contributed by atoms with Gasteiger partial charge in [0.15, 0.2) is 0 Å². The first-order valence-electron chi connectivity index (χ1n) is 12.2. The maximum atomic E-state index is 13.8. The van der Waals surface area contributed by atoms with Crippen molar-refractivity contribution >= 4 is 23.3 Å². The summed E-state index contributed by atoms with van der Waals surface area (Å²) in [5.74, 6) is 2.92. The van der Waals surface area contributed by atoms with Gasteiger partial charge in [-0.15, -0.1) is 0 Å². The van der Waals surface area contributed by atoms with Gasteiger partial charge in [-0.2, -0.15) is 0 Å². The highest BCUT2D eigenvalue weighted by molar-refractivity contribution is 6.30. The fourth-order valence-electron chi connectivity index (χ4n) is 7.57. The fourth-order valence-corrected chi connectivity index (χ4v) is 7.69. The van der Waals surface area contributed by atoms with E-state index in [1.807, 2.05) is 6.07 Å². The highest BCUT2D eigenvalue weighted by atomic mass is 35.5. The molecule has 0 radical (unpaired) electrons. The second kappa shape index (κ2) is 8.31. The largest absolute Gasteiger partial charge is 0.310 e. The number of carbonyl (C=O) groups is 1. The third-order valence-electron chi connectivity index (χ3n) is 8.43. The van der Waals surface area contributed by atoms with Crippen molar-refractivity contribution in [3.8, 4) is 0 Å². The summed E-state index contributed by atoms with van der Waals surface area (Å²) in [6.07, 6.45) is 10.8. The van der Waals surface area contributed by atoms with Crippen LogP contribution in [0.3, 0.4) is 0 Å². The number of nitrogens with one attached hydrogen (secondary N) is 1. The van der Waals surface area contributed by atoms with Gasteiger partial charge in [-0.25, -0.2) is 14.4 Å². The van der Waals surface area contributed by atoms with Crippen molar-refractivity contribution in [2.75, 3.05) is 11.9 Å². The second-order valence-electron chi connectivity index (χ2n) is 11.0. The molecule has 1 N–H and O–H groups in total. The molecule has 1 aromatic carbocycles. The molecule has 1 aliphatic heterocycles. The van der Waals surface area contributed by atoms with E-state index in [2.05, 4.69) is 20.2 Å². The van der Waals surface area contributed by atoms with Gasteiger partial charge >= 0.3 is 0 Å². The molecule has 2 heterocycles. The Hall–Kier alpha value is -2.05. The summed E-state index contributed by atoms with van der Waals surface area (Å²) < 4.78 is 13.8. The number of amides is 1. The van der Waals surface area contributed by atoms with Crippen LogP contribution in [0.2, 0.25) is 5.02 Å². The Bertz CT molecular complexity index is 1050. The molecule has 0 spiro atoms. The second-order valence-corrected chi connectivity index (χ2v) is 11.4. The van der Waals surface area contributed by atoms with Crippen molar-refractivity contribution in [3.05, 3.63) is 52.2 Å². The molecule has 1 aromatic heterocycles. The van der Waals surface area contributed by atoms with Crippen LogP contribution in [0.15, 0.2) is 24.5 Å². The first-order valence-corrected chi connectivity index (χ1v) is 12.6. The molecule has 5 aliphatic rings. The van der Waals surface area contributed by atoms with Crippen LogP contribution in [-0.4, -0.2) is 27.3 Å². The topological polar surface area (TPSA) is 58.1 Å². The van der Waals surface area contributed by atoms with E-state index in [1.165, 1.54) is 44.6 Å². The van der Waals surface area contributed by atoms with Crippen LogP contribution in [0.4, 0.5) is 10.2 Å². The molecule has 4 aliphatic carbocycles. The van der Waals surface area contributed by atoms with Crippen molar-refractivity contribution in [2.45, 2.75) is 64.5 Å². The van der Waals surface area contributed by atoms with Crippen molar-refractivity contribution in [1.82, 2.24) is 14.9 Å². The Balaban J connectivity index is 1.12. The molecule has 4 fully saturated rings. The summed E-state index contributed by atoms with van der Waals surface area (Å²) in [6.45, 7) is 2.09. The van der Waals surface area contributed by atoms with Crippen LogP contribution < -0.4 is 5.32 Å². The van der Waals surface area contributed by atoms with E-state index in [0.717, 1.165) is 47.5 Å². The van der Waals surface area contributed by atoms with Crippen LogP contribution in [0.25, 0.3) is 0 Å². The molecule has 4 saturated carbocycles. The van der Waals surface area contributed by atoms with Gasteiger partial charge in [0.2, 0.25) is 5.91 Å². The van der Waals surface area contributed by atoms with Crippen molar-refractivity contribution in [3.63, 3.8) is 0 Å². The van der Waals surface area contributed by atoms with E-state index in [9.17, 15) is 9.18 Å². The van der Waals surface area contributed by atoms with Crippen LogP contribution in [0.1, 0.15) is 61.8 Å². The van der Waals surface area contributed by atoms with E-state index in [1.54, 1.807) is 12.4 Å². The lowest BCUT2D eigenvalue weighted by Gasteiger charge is -2.56. The van der Waals surface area contributed by atoms with E-state index in [-0.39, 0.29) is 16.3 Å². The van der Waals surface area contributed by atoms with E-state index in [4.69, 9.17) is 11.6 Å². The van der Waals surface area contributed by atoms with E-state index in [0.29, 0.717) is 25.3 Å². The lowest BCUT2D eigenvalue weighted by Crippen LogP contribution is -2.47. The number of fused-ring (bicyclic) bond motifs is 1. The SMILES string of the molecule is O=C(CC12CC3CC(CC(C3)C1)C2)Nc1ncnc2c1CCN(Cc1ccc(Cl)c(F)c1)C2. The van der Waals surface area contributed by atoms with Crippen LogP contribution in [0, 0.1) is 29.0 Å². The lowest BCUT2D eigenvalue weighted by molar-refractivity contribution is -0.124. The molecule has 0 saturated heterocycles. The highest BCUT2D eigenvalue weighted by Gasteiger charge is 2.51. The van der Waals surface area contributed by atoms with Gasteiger partial charge in [0.1, 0.15) is 18.0 Å². The van der Waals surface area contributed by atoms with Gasteiger partial charge in [-0.1, -0.05) is 17.7 Å². The molecule has 174 valence electrons. The standard InChI is InChI=1S/C26H30ClFN4O/c27-21-2-1-16(8-22(21)28)13-32-4-3-20-23(14-32)29-15-30-25(20)31-24(33)12-26-9-17-5-18(10-26)7-19(6-17)11-26/h1-2,8,15,17-19H,3-7,9-14H2,(H,29,30,31,33). The van der Waals surface area contributed by atoms with Crippen LogP contribution in [0.5, 0.6) is 0 Å². The molecular weight excluding hydrogens is 439 g/mol. The van der Waals surface area contributed by atoms with E-state index < -0.39 is 5.82 Å². The van der Waals surface area contributed by atoms with Crippen LogP contribution >= 0.6 is 11.6 Å². The number of aromatic nitrogens is 2. The molecule has 7 rings (SSSR count). The number of hydrogen-bond donors (Lipinski definition) is 1. The molecule has 4 bridgehead atoms. The Morgan fingerprint density at radius 3 is 2.58 bits per heavy atom. The Morgan fingerprint density at radius 1 is 1.15 bits per heavy atom. The summed E-state index contributed by atoms with van der Waals surface area (Å²) in [7, 11) is 0. The zero-order chi connectivity index (χ0) is 22.6. The number of benzene rings is 1. The summed E-state index contributed by atoms with van der Waals surface area (Å²) in [6, 6.07) is 4.95. The van der Waals surface area contributed by atoms with Gasteiger partial charge in [-0.3, -0.25) is 9.69 Å². The van der Waals surface area contributed by atoms with Crippen molar-refractivity contribution in [2.24, 2.45) is 23.2 Å². The Kier molecular flexibility index (Phi) is 5.41. The number of nitrogens with zero attached hydrogens (tertiary/aromatic N) is 3. The highest BCUT2D eigenvalue weighted by Crippen LogP contribution is 2.61. The number of rotatable bonds is 5. The third kappa shape index (κ3) is 4.28. The lowest BCUT2D eigenvalue weighted by atomic mass is 9.49. The minimum absolute atomic E-state index is 0.108. The van der Waals surface area contributed by atoms with Gasteiger partial charge in [0, 0.05) is 31.6 Å². The third-order valence-corrected chi connectivity index (χ3v) is 8.74. The average molecular weight is 469 g/mol. The summed E-state index contributed by atoms with van der Waals surface area (Å²) in [5, 5.41) is 3.29. The monoisotopic (exact) mass is 468 g/mol. The fraction of sp³-hybridized carbons (Fsp3) is 0.577. The average Bonchev–Trinajstić information content (AvgIpc) is 2.75. The zero-order valence-electron chi connectivity index (χ0n) is 18.8. The summed E-state index contributed by atoms with van der Waals surface area (Å²) in [4.78, 5) is 24.3. The molecule has 1 amide bonds. The normalized spacial score (nSPS) is 30.3. The van der Waals surface area contributed by atoms with Gasteiger partial charge in [0.25, 0.3) is 0 Å². The molecule has 33 heavy (non-hydrogen) atoms. The minimum atomic E-state index is -0.391. The van der Waals surface area contributed by atoms with Gasteiger partial charge in [-0.05, 0) is 85.8 Å². The molecule has 0 unspecified atom stereocenters. The molecule has 7 heteroatoms. The van der Waals surface area contributed by atoms with Gasteiger partial charge < -0.3 is 5.32 Å². The predicted molar refractivity (Wildman–Crippen MR) is 125 cm³/mol. The predicted octanol–water partition coefficient (Wildman–Crippen LogP) is 5.37. The number of halogens is 2. The molecule has 0 atom stereocenters. The first kappa shape index (κ1) is 21.5. The maximum Gasteiger partial charge on any atom is 0.226 e. The minimum Gasteiger partial charge on any atom is -0.310 e. The molecule has 5 nitrogen and oxygen atoms in total. The number of anilines is 1. The number of carbonyl (C=O) groups excluding carboxylic acids is 1. The quantitative estimate of drug-likeness (QED) is 0.640. The van der Waals surface area contributed by atoms with Gasteiger partial charge in [0.05, 0.1) is 10.7 Å². The maximum absolute atomic E-state index is 13.8. The van der Waals surface area contributed by atoms with E-state index >= 15 is 0 Å². The Morgan fingerprint density at radius 2 is 1.88 bits per heavy atom. The first-order chi connectivity index (χ1) is 15.9. The summed E-state index contributed by atoms with van der Waals surface area (Å²) >= 11 is 5.81. The van der Waals surface area contributed by atoms with Crippen LogP contribution in [-0.2, 0) is 24.3 Å². The number of hydrogen-bond acceptors (Lipinski definition) is 4. The molecular formula is C26H30ClFN4O. The Labute approximate surface area is 199 Å². The summed E-state index contributed by atoms with van der Waals surface area (Å²) in [5.41, 5.74) is 3.08.